The van der Waals surface area contributed by atoms with Crippen molar-refractivity contribution < 1.29 is 0 Å². The van der Waals surface area contributed by atoms with E-state index in [0.717, 1.165) is 4.60 Å². The normalized spacial score (nSPS) is 12.1. The van der Waals surface area contributed by atoms with Gasteiger partial charge in [-0.1, -0.05) is 20.8 Å². The second-order valence-electron chi connectivity index (χ2n) is 3.62. The molecule has 0 aliphatic carbocycles. The van der Waals surface area contributed by atoms with Crippen LogP contribution in [0.2, 0.25) is 0 Å². The standard InChI is InChI=1S/C8H12BrNS/c1-5-6(9)10-7(11-5)8(2,3)4/h1-4H3. The van der Waals surface area contributed by atoms with Crippen molar-refractivity contribution in [2.75, 3.05) is 0 Å². The smallest absolute Gasteiger partial charge is 0.120 e. The molecule has 1 heterocycles. The fourth-order valence-corrected chi connectivity index (χ4v) is 2.10. The van der Waals surface area contributed by atoms with E-state index in [2.05, 4.69) is 48.6 Å². The van der Waals surface area contributed by atoms with Gasteiger partial charge in [-0.05, 0) is 22.9 Å². The van der Waals surface area contributed by atoms with Crippen molar-refractivity contribution in [3.8, 4) is 0 Å². The fourth-order valence-electron chi connectivity index (χ4n) is 0.699. The van der Waals surface area contributed by atoms with Gasteiger partial charge in [0.2, 0.25) is 0 Å². The van der Waals surface area contributed by atoms with Crippen LogP contribution in [0.25, 0.3) is 0 Å². The first-order valence-corrected chi connectivity index (χ1v) is 5.15. The highest BCUT2D eigenvalue weighted by Gasteiger charge is 2.18. The molecule has 0 aliphatic rings. The fraction of sp³-hybridized carbons (Fsp3) is 0.625. The molecule has 0 aliphatic heterocycles. The Morgan fingerprint density at radius 3 is 2.09 bits per heavy atom. The molecule has 1 rings (SSSR count). The third-order valence-corrected chi connectivity index (χ3v) is 3.81. The number of aryl methyl sites for hydroxylation is 1. The molecule has 0 spiro atoms. The highest BCUT2D eigenvalue weighted by Crippen LogP contribution is 2.30. The average Bonchev–Trinajstić information content (AvgIpc) is 2.11. The molecule has 0 radical (unpaired) electrons. The Morgan fingerprint density at radius 2 is 1.91 bits per heavy atom. The van der Waals surface area contributed by atoms with Crippen LogP contribution in [0.5, 0.6) is 0 Å². The molecule has 0 saturated heterocycles. The minimum absolute atomic E-state index is 0.182. The van der Waals surface area contributed by atoms with E-state index < -0.39 is 0 Å². The van der Waals surface area contributed by atoms with Crippen LogP contribution in [0.15, 0.2) is 4.60 Å². The first-order chi connectivity index (χ1) is 4.91. The topological polar surface area (TPSA) is 12.9 Å². The predicted octanol–water partition coefficient (Wildman–Crippen LogP) is 3.51. The summed E-state index contributed by atoms with van der Waals surface area (Å²) in [5, 5.41) is 1.20. The van der Waals surface area contributed by atoms with E-state index in [9.17, 15) is 0 Å². The Labute approximate surface area is 80.0 Å². The number of rotatable bonds is 0. The lowest BCUT2D eigenvalue weighted by Gasteiger charge is -2.13. The average molecular weight is 234 g/mol. The maximum Gasteiger partial charge on any atom is 0.120 e. The molecular weight excluding hydrogens is 222 g/mol. The van der Waals surface area contributed by atoms with Crippen molar-refractivity contribution >= 4 is 27.3 Å². The molecule has 0 N–H and O–H groups in total. The van der Waals surface area contributed by atoms with Crippen LogP contribution in [0.3, 0.4) is 0 Å². The Kier molecular flexibility index (Phi) is 2.40. The van der Waals surface area contributed by atoms with Gasteiger partial charge in [-0.25, -0.2) is 4.98 Å². The number of nitrogens with zero attached hydrogens (tertiary/aromatic N) is 1. The van der Waals surface area contributed by atoms with Crippen LogP contribution >= 0.6 is 27.3 Å². The van der Waals surface area contributed by atoms with Gasteiger partial charge in [-0.15, -0.1) is 11.3 Å². The lowest BCUT2D eigenvalue weighted by atomic mass is 9.98. The highest BCUT2D eigenvalue weighted by molar-refractivity contribution is 9.10. The van der Waals surface area contributed by atoms with Gasteiger partial charge in [0.15, 0.2) is 0 Å². The molecule has 0 aromatic carbocycles. The molecule has 1 nitrogen and oxygen atoms in total. The molecule has 11 heavy (non-hydrogen) atoms. The zero-order valence-corrected chi connectivity index (χ0v) is 9.64. The highest BCUT2D eigenvalue weighted by atomic mass is 79.9. The quantitative estimate of drug-likeness (QED) is 0.669. The molecule has 0 atom stereocenters. The molecule has 0 bridgehead atoms. The van der Waals surface area contributed by atoms with Gasteiger partial charge in [0, 0.05) is 10.3 Å². The Balaban J connectivity index is 3.08. The van der Waals surface area contributed by atoms with Gasteiger partial charge in [0.1, 0.15) is 4.60 Å². The molecule has 62 valence electrons. The summed E-state index contributed by atoms with van der Waals surface area (Å²) < 4.78 is 0.993. The Morgan fingerprint density at radius 1 is 1.36 bits per heavy atom. The summed E-state index contributed by atoms with van der Waals surface area (Å²) in [4.78, 5) is 5.68. The summed E-state index contributed by atoms with van der Waals surface area (Å²) in [7, 11) is 0. The van der Waals surface area contributed by atoms with E-state index in [1.807, 2.05) is 0 Å². The number of thiazole rings is 1. The van der Waals surface area contributed by atoms with E-state index in [1.165, 1.54) is 9.88 Å². The molecule has 1 aromatic rings. The summed E-state index contributed by atoms with van der Waals surface area (Å²) in [6.07, 6.45) is 0. The summed E-state index contributed by atoms with van der Waals surface area (Å²) in [5.41, 5.74) is 0.182. The number of hydrogen-bond acceptors (Lipinski definition) is 2. The SMILES string of the molecule is Cc1sc(C(C)(C)C)nc1Br. The summed E-state index contributed by atoms with van der Waals surface area (Å²) in [5.74, 6) is 0. The molecule has 0 amide bonds. The third-order valence-electron chi connectivity index (χ3n) is 1.38. The summed E-state index contributed by atoms with van der Waals surface area (Å²) in [6.45, 7) is 8.62. The molecular formula is C8H12BrNS. The van der Waals surface area contributed by atoms with Gasteiger partial charge >= 0.3 is 0 Å². The van der Waals surface area contributed by atoms with E-state index in [0.29, 0.717) is 0 Å². The zero-order valence-electron chi connectivity index (χ0n) is 7.23. The van der Waals surface area contributed by atoms with Crippen molar-refractivity contribution in [3.05, 3.63) is 14.5 Å². The van der Waals surface area contributed by atoms with Crippen molar-refractivity contribution in [2.45, 2.75) is 33.1 Å². The van der Waals surface area contributed by atoms with E-state index in [-0.39, 0.29) is 5.41 Å². The van der Waals surface area contributed by atoms with Crippen molar-refractivity contribution in [1.82, 2.24) is 4.98 Å². The van der Waals surface area contributed by atoms with Crippen LogP contribution in [-0.2, 0) is 5.41 Å². The number of halogens is 1. The van der Waals surface area contributed by atoms with E-state index in [1.54, 1.807) is 11.3 Å². The second-order valence-corrected chi connectivity index (χ2v) is 5.57. The van der Waals surface area contributed by atoms with Gasteiger partial charge in [0.25, 0.3) is 0 Å². The predicted molar refractivity (Wildman–Crippen MR) is 53.3 cm³/mol. The largest absolute Gasteiger partial charge is 0.233 e. The lowest BCUT2D eigenvalue weighted by molar-refractivity contribution is 0.584. The summed E-state index contributed by atoms with van der Waals surface area (Å²) >= 11 is 5.17. The van der Waals surface area contributed by atoms with Gasteiger partial charge in [-0.2, -0.15) is 0 Å². The van der Waals surface area contributed by atoms with Gasteiger partial charge in [-0.3, -0.25) is 0 Å². The first-order valence-electron chi connectivity index (χ1n) is 3.54. The number of hydrogen-bond donors (Lipinski definition) is 0. The molecule has 1 aromatic heterocycles. The van der Waals surface area contributed by atoms with Gasteiger partial charge < -0.3 is 0 Å². The second kappa shape index (κ2) is 2.87. The monoisotopic (exact) mass is 233 g/mol. The molecule has 0 unspecified atom stereocenters. The lowest BCUT2D eigenvalue weighted by Crippen LogP contribution is -2.09. The molecule has 0 fully saturated rings. The van der Waals surface area contributed by atoms with Crippen LogP contribution in [0, 0.1) is 6.92 Å². The summed E-state index contributed by atoms with van der Waals surface area (Å²) in [6, 6.07) is 0. The minimum atomic E-state index is 0.182. The van der Waals surface area contributed by atoms with E-state index in [4.69, 9.17) is 0 Å². The maximum atomic E-state index is 4.42. The van der Waals surface area contributed by atoms with Crippen molar-refractivity contribution in [1.29, 1.82) is 0 Å². The maximum absolute atomic E-state index is 4.42. The third kappa shape index (κ3) is 2.03. The van der Waals surface area contributed by atoms with Crippen molar-refractivity contribution in [2.24, 2.45) is 0 Å². The van der Waals surface area contributed by atoms with Crippen LogP contribution in [-0.4, -0.2) is 4.98 Å². The van der Waals surface area contributed by atoms with E-state index >= 15 is 0 Å². The van der Waals surface area contributed by atoms with Crippen LogP contribution in [0.4, 0.5) is 0 Å². The van der Waals surface area contributed by atoms with Crippen molar-refractivity contribution in [3.63, 3.8) is 0 Å². The van der Waals surface area contributed by atoms with Crippen LogP contribution < -0.4 is 0 Å². The molecule has 3 heteroatoms. The Hall–Kier alpha value is 0.110. The number of aromatic nitrogens is 1. The zero-order chi connectivity index (χ0) is 8.65. The molecule has 0 saturated carbocycles. The Bertz CT molecular complexity index is 240. The van der Waals surface area contributed by atoms with Gasteiger partial charge in [0.05, 0.1) is 5.01 Å². The first kappa shape index (κ1) is 9.20. The minimum Gasteiger partial charge on any atom is -0.233 e. The van der Waals surface area contributed by atoms with Crippen LogP contribution in [0.1, 0.15) is 30.7 Å².